The third kappa shape index (κ3) is 1.59. The van der Waals surface area contributed by atoms with Crippen LogP contribution in [0, 0.1) is 11.3 Å². The van der Waals surface area contributed by atoms with E-state index in [1.165, 1.54) is 18.3 Å². The highest BCUT2D eigenvalue weighted by molar-refractivity contribution is 5.85. The zero-order valence-electron chi connectivity index (χ0n) is 7.90. The maximum absolute atomic E-state index is 10.8. The molecule has 0 saturated carbocycles. The van der Waals surface area contributed by atoms with E-state index in [0.717, 1.165) is 10.9 Å². The molecule has 0 fully saturated rings. The molecular formula is C9H5N5O2. The monoisotopic (exact) mass is 215 g/mol. The minimum absolute atomic E-state index is 0.0859. The van der Waals surface area contributed by atoms with Crippen LogP contribution in [0.5, 0.6) is 0 Å². The zero-order valence-corrected chi connectivity index (χ0v) is 7.90. The Hall–Kier alpha value is -2.75. The smallest absolute Gasteiger partial charge is 0.356 e. The Labute approximate surface area is 89.6 Å². The maximum Gasteiger partial charge on any atom is 0.356 e. The highest BCUT2D eigenvalue weighted by atomic mass is 16.4. The Balaban J connectivity index is 2.47. The third-order valence-corrected chi connectivity index (χ3v) is 1.86. The fraction of sp³-hybridized carbons (Fsp3) is 0. The van der Waals surface area contributed by atoms with Gasteiger partial charge in [0.25, 0.3) is 0 Å². The molecule has 0 saturated heterocycles. The molecule has 16 heavy (non-hydrogen) atoms. The largest absolute Gasteiger partial charge is 0.476 e. The molecule has 0 aliphatic heterocycles. The van der Waals surface area contributed by atoms with Crippen molar-refractivity contribution in [1.82, 2.24) is 20.0 Å². The van der Waals surface area contributed by atoms with Crippen molar-refractivity contribution in [2.24, 2.45) is 0 Å². The number of carbonyl (C=O) groups is 1. The first-order chi connectivity index (χ1) is 7.72. The fourth-order valence-corrected chi connectivity index (χ4v) is 1.13. The van der Waals surface area contributed by atoms with Crippen LogP contribution in [0.25, 0.3) is 5.82 Å². The lowest BCUT2D eigenvalue weighted by atomic mass is 10.3. The van der Waals surface area contributed by atoms with Gasteiger partial charge in [-0.15, -0.1) is 5.10 Å². The second-order valence-corrected chi connectivity index (χ2v) is 2.85. The van der Waals surface area contributed by atoms with E-state index in [4.69, 9.17) is 10.4 Å². The van der Waals surface area contributed by atoms with Gasteiger partial charge in [-0.2, -0.15) is 9.94 Å². The number of rotatable bonds is 2. The van der Waals surface area contributed by atoms with Gasteiger partial charge in [0.2, 0.25) is 0 Å². The van der Waals surface area contributed by atoms with Crippen molar-refractivity contribution in [3.05, 3.63) is 35.8 Å². The molecule has 0 atom stereocenters. The lowest BCUT2D eigenvalue weighted by molar-refractivity contribution is 0.0687. The molecule has 0 amide bonds. The lowest BCUT2D eigenvalue weighted by Gasteiger charge is -2.00. The van der Waals surface area contributed by atoms with Crippen LogP contribution < -0.4 is 0 Å². The number of aromatic nitrogens is 4. The van der Waals surface area contributed by atoms with Crippen LogP contribution in [0.3, 0.4) is 0 Å². The van der Waals surface area contributed by atoms with E-state index < -0.39 is 5.97 Å². The van der Waals surface area contributed by atoms with Crippen LogP contribution in [0.4, 0.5) is 0 Å². The number of pyridine rings is 1. The molecule has 0 aliphatic rings. The summed E-state index contributed by atoms with van der Waals surface area (Å²) in [4.78, 5) is 14.7. The quantitative estimate of drug-likeness (QED) is 0.768. The number of hydrogen-bond donors (Lipinski definition) is 1. The van der Waals surface area contributed by atoms with E-state index in [1.807, 2.05) is 6.07 Å². The first-order valence-corrected chi connectivity index (χ1v) is 4.23. The highest BCUT2D eigenvalue weighted by Crippen LogP contribution is 2.07. The van der Waals surface area contributed by atoms with Gasteiger partial charge in [0.15, 0.2) is 11.5 Å². The summed E-state index contributed by atoms with van der Waals surface area (Å²) in [5, 5.41) is 24.5. The molecule has 2 aromatic heterocycles. The molecule has 0 aromatic carbocycles. The van der Waals surface area contributed by atoms with Crippen molar-refractivity contribution in [2.75, 3.05) is 0 Å². The molecule has 2 rings (SSSR count). The summed E-state index contributed by atoms with van der Waals surface area (Å²) in [6.07, 6.45) is 2.46. The normalized spacial score (nSPS) is 9.69. The summed E-state index contributed by atoms with van der Waals surface area (Å²) in [5.74, 6) is -0.843. The molecule has 7 nitrogen and oxygen atoms in total. The van der Waals surface area contributed by atoms with Gasteiger partial charge in [-0.25, -0.2) is 9.78 Å². The van der Waals surface area contributed by atoms with E-state index in [2.05, 4.69) is 15.3 Å². The summed E-state index contributed by atoms with van der Waals surface area (Å²) in [6, 6.07) is 4.94. The third-order valence-electron chi connectivity index (χ3n) is 1.86. The molecule has 1 N–H and O–H groups in total. The van der Waals surface area contributed by atoms with Crippen molar-refractivity contribution in [3.63, 3.8) is 0 Å². The van der Waals surface area contributed by atoms with Gasteiger partial charge in [-0.3, -0.25) is 0 Å². The van der Waals surface area contributed by atoms with E-state index in [1.54, 1.807) is 0 Å². The van der Waals surface area contributed by atoms with E-state index in [-0.39, 0.29) is 5.69 Å². The molecule has 0 unspecified atom stereocenters. The topological polar surface area (TPSA) is 105 Å². The summed E-state index contributed by atoms with van der Waals surface area (Å²) >= 11 is 0. The standard InChI is InChI=1S/C9H5N5O2/c10-3-6-1-2-8(11-4-6)14-7(9(15)16)5-12-13-14/h1-2,4-5H,(H,15,16). The molecule has 2 heterocycles. The van der Waals surface area contributed by atoms with Crippen LogP contribution in [0.15, 0.2) is 24.5 Å². The van der Waals surface area contributed by atoms with Gasteiger partial charge in [0.05, 0.1) is 11.8 Å². The van der Waals surface area contributed by atoms with Gasteiger partial charge >= 0.3 is 5.97 Å². The number of carboxylic acid groups (broad SMARTS) is 1. The Kier molecular flexibility index (Phi) is 2.31. The molecule has 78 valence electrons. The zero-order chi connectivity index (χ0) is 11.5. The van der Waals surface area contributed by atoms with Crippen LogP contribution in [0.2, 0.25) is 0 Å². The first-order valence-electron chi connectivity index (χ1n) is 4.23. The highest BCUT2D eigenvalue weighted by Gasteiger charge is 2.13. The molecule has 0 spiro atoms. The average Bonchev–Trinajstić information content (AvgIpc) is 2.78. The Morgan fingerprint density at radius 2 is 2.25 bits per heavy atom. The van der Waals surface area contributed by atoms with Gasteiger partial charge < -0.3 is 5.11 Å². The number of hydrogen-bond acceptors (Lipinski definition) is 5. The molecule has 0 aliphatic carbocycles. The van der Waals surface area contributed by atoms with Crippen LogP contribution in [-0.2, 0) is 0 Å². The van der Waals surface area contributed by atoms with Crippen LogP contribution >= 0.6 is 0 Å². The van der Waals surface area contributed by atoms with Crippen LogP contribution in [-0.4, -0.2) is 31.1 Å². The molecule has 0 bridgehead atoms. The van der Waals surface area contributed by atoms with Crippen molar-refractivity contribution in [3.8, 4) is 11.9 Å². The number of carboxylic acids is 1. The van der Waals surface area contributed by atoms with E-state index in [9.17, 15) is 4.79 Å². The average molecular weight is 215 g/mol. The Morgan fingerprint density at radius 3 is 2.81 bits per heavy atom. The number of nitrogens with zero attached hydrogens (tertiary/aromatic N) is 5. The number of nitriles is 1. The van der Waals surface area contributed by atoms with Crippen molar-refractivity contribution < 1.29 is 9.90 Å². The molecule has 2 aromatic rings. The predicted octanol–water partition coefficient (Wildman–Crippen LogP) is 0.232. The molecule has 0 radical (unpaired) electrons. The van der Waals surface area contributed by atoms with Crippen LogP contribution in [0.1, 0.15) is 16.1 Å². The Bertz CT molecular complexity index is 566. The minimum atomic E-state index is -1.14. The van der Waals surface area contributed by atoms with Crippen molar-refractivity contribution in [2.45, 2.75) is 0 Å². The van der Waals surface area contributed by atoms with E-state index >= 15 is 0 Å². The second kappa shape index (κ2) is 3.78. The Morgan fingerprint density at radius 1 is 1.44 bits per heavy atom. The molecule has 7 heteroatoms. The fourth-order valence-electron chi connectivity index (χ4n) is 1.13. The lowest BCUT2D eigenvalue weighted by Crippen LogP contribution is -2.09. The van der Waals surface area contributed by atoms with Crippen molar-refractivity contribution in [1.29, 1.82) is 5.26 Å². The van der Waals surface area contributed by atoms with E-state index in [0.29, 0.717) is 11.4 Å². The van der Waals surface area contributed by atoms with Gasteiger partial charge in [-0.1, -0.05) is 5.21 Å². The minimum Gasteiger partial charge on any atom is -0.476 e. The van der Waals surface area contributed by atoms with Gasteiger partial charge in [-0.05, 0) is 12.1 Å². The summed E-state index contributed by atoms with van der Waals surface area (Å²) in [5.41, 5.74) is 0.304. The summed E-state index contributed by atoms with van der Waals surface area (Å²) < 4.78 is 1.09. The second-order valence-electron chi connectivity index (χ2n) is 2.85. The summed E-state index contributed by atoms with van der Waals surface area (Å²) in [7, 11) is 0. The van der Waals surface area contributed by atoms with Gasteiger partial charge in [0, 0.05) is 6.20 Å². The predicted molar refractivity (Wildman–Crippen MR) is 50.8 cm³/mol. The number of aromatic carboxylic acids is 1. The van der Waals surface area contributed by atoms with Gasteiger partial charge in [0.1, 0.15) is 6.07 Å². The van der Waals surface area contributed by atoms with Crippen molar-refractivity contribution >= 4 is 5.97 Å². The maximum atomic E-state index is 10.8. The SMILES string of the molecule is N#Cc1ccc(-n2nncc2C(=O)O)nc1. The first kappa shape index (κ1) is 9.79. The molecular weight excluding hydrogens is 210 g/mol. The summed E-state index contributed by atoms with van der Waals surface area (Å²) in [6.45, 7) is 0.